The van der Waals surface area contributed by atoms with Gasteiger partial charge in [-0.1, -0.05) is 18.0 Å². The van der Waals surface area contributed by atoms with Crippen LogP contribution in [0, 0.1) is 0 Å². The number of piperidine rings is 1. The molecule has 4 nitrogen and oxygen atoms in total. The van der Waals surface area contributed by atoms with Crippen LogP contribution < -0.4 is 0 Å². The van der Waals surface area contributed by atoms with Crippen LogP contribution >= 0.6 is 11.6 Å². The summed E-state index contributed by atoms with van der Waals surface area (Å²) >= 11 is 5.85. The first-order valence-electron chi connectivity index (χ1n) is 6.42. The van der Waals surface area contributed by atoms with Gasteiger partial charge in [-0.15, -0.1) is 10.2 Å². The van der Waals surface area contributed by atoms with E-state index in [-0.39, 0.29) is 0 Å². The Morgan fingerprint density at radius 3 is 3.11 bits per heavy atom. The quantitative estimate of drug-likeness (QED) is 0.836. The average molecular weight is 265 g/mol. The third kappa shape index (κ3) is 2.22. The van der Waals surface area contributed by atoms with Gasteiger partial charge in [-0.05, 0) is 38.6 Å². The van der Waals surface area contributed by atoms with Crippen LogP contribution in [0.1, 0.15) is 19.3 Å². The van der Waals surface area contributed by atoms with Gasteiger partial charge < -0.3 is 9.47 Å². The number of likely N-dealkylation sites (tertiary alicyclic amines) is 1. The first-order chi connectivity index (χ1) is 8.74. The van der Waals surface area contributed by atoms with E-state index in [4.69, 9.17) is 11.6 Å². The molecule has 0 radical (unpaired) electrons. The first-order valence-corrected chi connectivity index (χ1v) is 6.80. The smallest absolute Gasteiger partial charge is 0.162 e. The van der Waals surface area contributed by atoms with Gasteiger partial charge in [0.25, 0.3) is 0 Å². The first kappa shape index (κ1) is 11.9. The fourth-order valence-electron chi connectivity index (χ4n) is 2.71. The lowest BCUT2D eigenvalue weighted by molar-refractivity contribution is 0.168. The molecular formula is C13H17ClN4. The molecule has 3 heterocycles. The number of hydrogen-bond acceptors (Lipinski definition) is 3. The minimum atomic E-state index is 0.454. The van der Waals surface area contributed by atoms with Gasteiger partial charge in [0.2, 0.25) is 0 Å². The van der Waals surface area contributed by atoms with Crippen LogP contribution in [0.25, 0.3) is 11.0 Å². The molecule has 2 aromatic heterocycles. The fourth-order valence-corrected chi connectivity index (χ4v) is 2.87. The summed E-state index contributed by atoms with van der Waals surface area (Å²) in [6.07, 6.45) is 5.98. The second-order valence-electron chi connectivity index (χ2n) is 5.04. The number of halogens is 1. The van der Waals surface area contributed by atoms with E-state index in [9.17, 15) is 0 Å². The molecule has 0 aromatic carbocycles. The highest BCUT2D eigenvalue weighted by molar-refractivity contribution is 6.29. The van der Waals surface area contributed by atoms with Gasteiger partial charge in [-0.2, -0.15) is 0 Å². The molecule has 1 aliphatic rings. The highest BCUT2D eigenvalue weighted by Crippen LogP contribution is 2.20. The maximum absolute atomic E-state index is 5.85. The molecule has 0 saturated carbocycles. The molecule has 1 unspecified atom stereocenters. The molecule has 2 aromatic rings. The number of nitrogens with zero attached hydrogens (tertiary/aromatic N) is 4. The summed E-state index contributed by atoms with van der Waals surface area (Å²) < 4.78 is 2.19. The lowest BCUT2D eigenvalue weighted by atomic mass is 10.0. The Morgan fingerprint density at radius 2 is 2.28 bits per heavy atom. The minimum absolute atomic E-state index is 0.454. The highest BCUT2D eigenvalue weighted by Gasteiger charge is 2.19. The Bertz CT molecular complexity index is 551. The zero-order valence-corrected chi connectivity index (χ0v) is 11.3. The van der Waals surface area contributed by atoms with E-state index in [2.05, 4.69) is 39.0 Å². The van der Waals surface area contributed by atoms with Crippen molar-refractivity contribution in [2.24, 2.45) is 0 Å². The summed E-state index contributed by atoms with van der Waals surface area (Å²) in [7, 11) is 2.21. The molecule has 0 spiro atoms. The van der Waals surface area contributed by atoms with Crippen molar-refractivity contribution in [3.05, 3.63) is 23.5 Å². The predicted molar refractivity (Wildman–Crippen MR) is 72.8 cm³/mol. The normalized spacial score (nSPS) is 21.6. The maximum atomic E-state index is 5.85. The number of hydrogen-bond donors (Lipinski definition) is 0. The molecule has 1 atom stereocenters. The summed E-state index contributed by atoms with van der Waals surface area (Å²) in [4.78, 5) is 2.44. The van der Waals surface area contributed by atoms with Crippen molar-refractivity contribution in [3.63, 3.8) is 0 Å². The molecule has 3 rings (SSSR count). The minimum Gasteiger partial charge on any atom is -0.329 e. The number of likely N-dealkylation sites (N-methyl/N-ethyl adjacent to an activating group) is 1. The number of fused-ring (bicyclic) bond motifs is 1. The van der Waals surface area contributed by atoms with Crippen LogP contribution in [0.15, 0.2) is 18.3 Å². The molecule has 18 heavy (non-hydrogen) atoms. The maximum Gasteiger partial charge on any atom is 0.162 e. The summed E-state index contributed by atoms with van der Waals surface area (Å²) in [5, 5.41) is 9.64. The third-order valence-electron chi connectivity index (χ3n) is 3.81. The van der Waals surface area contributed by atoms with Gasteiger partial charge in [0.05, 0.1) is 0 Å². The Balaban J connectivity index is 1.86. The Labute approximate surface area is 112 Å². The average Bonchev–Trinajstić information content (AvgIpc) is 2.74. The largest absolute Gasteiger partial charge is 0.329 e. The van der Waals surface area contributed by atoms with Crippen molar-refractivity contribution in [3.8, 4) is 0 Å². The third-order valence-corrected chi connectivity index (χ3v) is 3.99. The van der Waals surface area contributed by atoms with Gasteiger partial charge >= 0.3 is 0 Å². The second-order valence-corrected chi connectivity index (χ2v) is 5.43. The lowest BCUT2D eigenvalue weighted by Crippen LogP contribution is -2.39. The van der Waals surface area contributed by atoms with E-state index in [1.807, 2.05) is 6.07 Å². The van der Waals surface area contributed by atoms with Gasteiger partial charge in [-0.3, -0.25) is 0 Å². The van der Waals surface area contributed by atoms with E-state index < -0.39 is 0 Å². The molecule has 5 heteroatoms. The van der Waals surface area contributed by atoms with E-state index in [0.717, 1.165) is 17.6 Å². The Hall–Kier alpha value is -1.13. The topological polar surface area (TPSA) is 34.0 Å². The predicted octanol–water partition coefficient (Wildman–Crippen LogP) is 2.57. The van der Waals surface area contributed by atoms with E-state index >= 15 is 0 Å². The Kier molecular flexibility index (Phi) is 3.22. The number of aromatic nitrogens is 3. The molecule has 0 N–H and O–H groups in total. The second kappa shape index (κ2) is 4.86. The Morgan fingerprint density at radius 1 is 1.39 bits per heavy atom. The molecule has 1 fully saturated rings. The zero-order chi connectivity index (χ0) is 12.5. The van der Waals surface area contributed by atoms with Gasteiger partial charge in [0.1, 0.15) is 0 Å². The number of rotatable bonds is 2. The SMILES string of the molecule is CN1CCCCC1Cn1ccc2cc(Cl)nnc21. The van der Waals surface area contributed by atoms with Crippen LogP contribution in [-0.4, -0.2) is 39.3 Å². The van der Waals surface area contributed by atoms with Crippen LogP contribution in [-0.2, 0) is 6.54 Å². The van der Waals surface area contributed by atoms with Gasteiger partial charge in [0.15, 0.2) is 10.8 Å². The summed E-state index contributed by atoms with van der Waals surface area (Å²) in [5.74, 6) is 0. The van der Waals surface area contributed by atoms with Crippen LogP contribution in [0.5, 0.6) is 0 Å². The van der Waals surface area contributed by atoms with Gasteiger partial charge in [0, 0.05) is 24.2 Å². The lowest BCUT2D eigenvalue weighted by Gasteiger charge is -2.32. The zero-order valence-electron chi connectivity index (χ0n) is 10.5. The van der Waals surface area contributed by atoms with Crippen LogP contribution in [0.4, 0.5) is 0 Å². The van der Waals surface area contributed by atoms with Crippen LogP contribution in [0.2, 0.25) is 5.15 Å². The molecule has 96 valence electrons. The van der Waals surface area contributed by atoms with Crippen molar-refractivity contribution in [1.29, 1.82) is 0 Å². The van der Waals surface area contributed by atoms with E-state index in [1.165, 1.54) is 25.8 Å². The van der Waals surface area contributed by atoms with Crippen molar-refractivity contribution in [2.75, 3.05) is 13.6 Å². The van der Waals surface area contributed by atoms with Crippen LogP contribution in [0.3, 0.4) is 0 Å². The van der Waals surface area contributed by atoms with E-state index in [0.29, 0.717) is 11.2 Å². The molecular weight excluding hydrogens is 248 g/mol. The van der Waals surface area contributed by atoms with Crippen molar-refractivity contribution in [1.82, 2.24) is 19.7 Å². The van der Waals surface area contributed by atoms with Gasteiger partial charge in [-0.25, -0.2) is 0 Å². The molecule has 0 amide bonds. The highest BCUT2D eigenvalue weighted by atomic mass is 35.5. The molecule has 1 aliphatic heterocycles. The monoisotopic (exact) mass is 264 g/mol. The molecule has 1 saturated heterocycles. The molecule has 0 aliphatic carbocycles. The summed E-state index contributed by atoms with van der Waals surface area (Å²) in [5.41, 5.74) is 0.929. The molecule has 0 bridgehead atoms. The van der Waals surface area contributed by atoms with E-state index in [1.54, 1.807) is 0 Å². The fraction of sp³-hybridized carbons (Fsp3) is 0.538. The van der Waals surface area contributed by atoms with Crippen molar-refractivity contribution >= 4 is 22.6 Å². The van der Waals surface area contributed by atoms with Crippen molar-refractivity contribution in [2.45, 2.75) is 31.8 Å². The summed E-state index contributed by atoms with van der Waals surface area (Å²) in [6.45, 7) is 2.18. The summed E-state index contributed by atoms with van der Waals surface area (Å²) in [6, 6.07) is 4.52. The standard InChI is InChI=1S/C13H17ClN4/c1-17-6-3-2-4-11(17)9-18-7-5-10-8-12(14)15-16-13(10)18/h5,7-8,11H,2-4,6,9H2,1H3. The van der Waals surface area contributed by atoms with Crippen molar-refractivity contribution < 1.29 is 0 Å².